The molecular weight excluding hydrogens is 2020 g/mol. The lowest BCUT2D eigenvalue weighted by molar-refractivity contribution is -0.284. The van der Waals surface area contributed by atoms with Crippen LogP contribution in [0.1, 0.15) is 154 Å². The van der Waals surface area contributed by atoms with Gasteiger partial charge in [-0.15, -0.1) is 0 Å². The third kappa shape index (κ3) is 24.9. The molecule has 23 atom stereocenters. The molecule has 7 aromatic carbocycles. The number of ether oxygens (including phenoxy) is 9. The summed E-state index contributed by atoms with van der Waals surface area (Å²) in [6.45, 7) is 1.83. The second-order valence-corrected chi connectivity index (χ2v) is 41.1. The molecule has 0 unspecified atom stereocenters. The van der Waals surface area contributed by atoms with E-state index in [1.165, 1.54) is 12.1 Å². The Kier molecular flexibility index (Phi) is 34.5. The molecule has 0 radical (unpaired) electrons. The van der Waals surface area contributed by atoms with Crippen LogP contribution in [0.3, 0.4) is 0 Å². The van der Waals surface area contributed by atoms with Gasteiger partial charge in [-0.05, 0) is 131 Å². The van der Waals surface area contributed by atoms with E-state index in [-0.39, 0.29) is 17.5 Å². The van der Waals surface area contributed by atoms with E-state index >= 15 is 28.8 Å². The highest BCUT2D eigenvalue weighted by Crippen LogP contribution is 2.62. The maximum atomic E-state index is 17.2. The molecule has 7 aromatic rings. The highest BCUT2D eigenvalue weighted by Gasteiger charge is 2.53. The summed E-state index contributed by atoms with van der Waals surface area (Å²) in [5.74, 6) is -22.9. The summed E-state index contributed by atoms with van der Waals surface area (Å²) in [6.07, 6.45) is -28.4. The molecule has 0 aromatic heterocycles. The van der Waals surface area contributed by atoms with Gasteiger partial charge in [0.05, 0.1) is 29.9 Å². The first-order valence-corrected chi connectivity index (χ1v) is 49.9. The van der Waals surface area contributed by atoms with Crippen molar-refractivity contribution in [2.45, 2.75) is 231 Å². The SMILES string of the molecule is CC(=O)N[C@H]1[C@H](O[C@@H]2c3ccc(c(Cl)c3)Oc3cc4cc(c3O[C@@H]3O[C@H](CO)[C@@H](O)[C@H](O)[C@H]3NC(=O)CCCCCCCC(C)C)Oc3ccc(cc3Cl)C[C@H]3NC(=O)[C@H](NC(=O)CCC(P(=O)(O)O)P(=O)(O)O)c5ccc(O)c(c5)Oc5cc(O)cc(c5)[C@H](NC3=O)C(=O)N[C@H]4C(=O)N[C@H]3C(=O)N[C@@H]2C(=O)N[C@@H](C(=O)O)c2cc(O)cc(O[C@H]4O[C@H](CO)[C@@H](O)[C@H](O)[C@@H]4O)c2-c2cc3ccc2O)O[C@H](CO)[C@@H](O)[C@@H]1O. The number of carboxylic acids is 1. The van der Waals surface area contributed by atoms with Gasteiger partial charge in [-0.3, -0.25) is 52.3 Å². The first-order valence-electron chi connectivity index (χ1n) is 45.8. The minimum atomic E-state index is -5.69. The summed E-state index contributed by atoms with van der Waals surface area (Å²) < 4.78 is 82.4. The average Bonchev–Trinajstić information content (AvgIpc) is 0.750. The predicted molar refractivity (Wildman–Crippen MR) is 499 cm³/mol. The smallest absolute Gasteiger partial charge is 0.340 e. The van der Waals surface area contributed by atoms with Crippen LogP contribution < -0.4 is 71.5 Å². The van der Waals surface area contributed by atoms with Gasteiger partial charge in [0.2, 0.25) is 71.5 Å². The maximum Gasteiger partial charge on any atom is 0.340 e. The molecule has 146 heavy (non-hydrogen) atoms. The molecule has 788 valence electrons. The molecule has 28 N–H and O–H groups in total. The number of benzene rings is 7. The molecule has 3 fully saturated rings. The monoisotopic (exact) mass is 2120 g/mol. The van der Waals surface area contributed by atoms with Crippen LogP contribution in [0.5, 0.6) is 69.0 Å². The predicted octanol–water partition coefficient (Wildman–Crippen LogP) is 1.03. The number of aliphatic hydroxyl groups excluding tert-OH is 10. The van der Waals surface area contributed by atoms with Gasteiger partial charge >= 0.3 is 21.2 Å². The van der Waals surface area contributed by atoms with Crippen molar-refractivity contribution in [1.29, 1.82) is 0 Å². The lowest BCUT2D eigenvalue weighted by atomic mass is 9.89. The fourth-order valence-corrected chi connectivity index (χ4v) is 20.8. The average molecular weight is 2120 g/mol. The number of nitrogens with one attached hydrogen (secondary N) is 9. The molecule has 9 amide bonds. The highest BCUT2D eigenvalue weighted by atomic mass is 35.5. The Labute approximate surface area is 838 Å². The first kappa shape index (κ1) is 109. The van der Waals surface area contributed by atoms with Gasteiger partial charge in [0, 0.05) is 55.0 Å². The molecule has 3 saturated heterocycles. The molecule has 0 aliphatic carbocycles. The molecule has 16 rings (SSSR count). The zero-order valence-electron chi connectivity index (χ0n) is 77.3. The maximum absolute atomic E-state index is 17.2. The Morgan fingerprint density at radius 3 is 1.62 bits per heavy atom. The van der Waals surface area contributed by atoms with Gasteiger partial charge in [0.15, 0.2) is 40.7 Å². The van der Waals surface area contributed by atoms with Crippen molar-refractivity contribution in [2.75, 3.05) is 19.8 Å². The number of aliphatic carboxylic acids is 1. The van der Waals surface area contributed by atoms with E-state index in [1.54, 1.807) is 0 Å². The number of phenolic OH excluding ortho intramolecular Hbond substituents is 4. The number of carbonyl (C=O) groups excluding carboxylic acids is 9. The van der Waals surface area contributed by atoms with Crippen LogP contribution in [0.15, 0.2) is 115 Å². The van der Waals surface area contributed by atoms with Crippen LogP contribution >= 0.6 is 38.4 Å². The zero-order chi connectivity index (χ0) is 106. The minimum Gasteiger partial charge on any atom is -0.508 e. The molecule has 9 heterocycles. The number of aromatic hydroxyl groups is 4. The van der Waals surface area contributed by atoms with Gasteiger partial charge < -0.3 is 187 Å². The van der Waals surface area contributed by atoms with E-state index < -0.39 is 377 Å². The van der Waals surface area contributed by atoms with Crippen LogP contribution in [0, 0.1) is 5.92 Å². The molecule has 0 saturated carbocycles. The molecule has 17 bridgehead atoms. The fraction of sp³-hybridized carbons (Fsp3) is 0.441. The van der Waals surface area contributed by atoms with E-state index in [2.05, 4.69) is 61.7 Å². The van der Waals surface area contributed by atoms with E-state index in [1.807, 2.05) is 0 Å². The number of halogens is 2. The van der Waals surface area contributed by atoms with Gasteiger partial charge in [-0.2, -0.15) is 0 Å². The molecule has 49 nitrogen and oxygen atoms in total. The number of carboxylic acid groups (broad SMARTS) is 1. The Bertz CT molecular complexity index is 6200. The third-order valence-electron chi connectivity index (χ3n) is 25.3. The van der Waals surface area contributed by atoms with Crippen LogP contribution in [0.2, 0.25) is 10.0 Å². The standard InChI is InChI=1S/C93H107Cl2N9O40P2/c1-36(2)9-7-5-4-6-8-10-63(113)99-73-79(119)76(116)61(34-106)141-92(73)144-83-58-28-43-29-59(83)138-55-18-14-41(26-50(55)95)82(143-91-72(96-37(3)108)78(118)75(115)60(33-105)140-91)74-89(127)103-71(90(128)129)48-31-45(110)32-57(139-93-81(121)80(120)77(117)62(35-107)142-93)66(48)47-25-39(12-15-52(47)111)68(86(124)104-74)101-88(126)70(43)102-87(125)69-42-23-44(109)30-46(24-42)136-56-27-40(13-16-53(56)112)67(98-64(114)19-20-65(145(130,131)132)146(133,134)135)85(123)97-51(84(122)100-69)22-38-11-17-54(137-58)49(94)21-38/h11-18,21,23-32,36,51,60-62,65,67-82,91-93,105-107,109-112,115-121H,4-10,19-20,22,33-35H2,1-3H3,(H,96,108)(H,97,123)(H,98,114)(H,99,113)(H,100,122)(H,101,126)(H,102,125)(H,103,127)(H,104,124)(H,128,129)(H2,130,131,132)(H2,133,134,135)/t51-,60-,61-,62-,67-,68-,69+,70-,71-,72-,73-,74+,75-,76-,77-,78-,79-,80+,81+,82-,91+,92+,93+/m1/s1. The number of carbonyl (C=O) groups is 10. The van der Waals surface area contributed by atoms with Crippen molar-refractivity contribution in [3.63, 3.8) is 0 Å². The van der Waals surface area contributed by atoms with Crippen LogP contribution in [-0.2, 0) is 82.4 Å². The molecular formula is C93H107Cl2N9O40P2. The number of hydrogen-bond donors (Lipinski definition) is 28. The molecule has 9 aliphatic rings. The van der Waals surface area contributed by atoms with E-state index in [4.69, 9.17) is 65.8 Å². The number of phenols is 4. The molecule has 0 spiro atoms. The van der Waals surface area contributed by atoms with E-state index in [0.29, 0.717) is 18.8 Å². The second kappa shape index (κ2) is 46.0. The number of hydrogen-bond acceptors (Lipinski definition) is 35. The Balaban J connectivity index is 1.02. The van der Waals surface area contributed by atoms with Crippen molar-refractivity contribution in [3.8, 4) is 80.1 Å². The lowest BCUT2D eigenvalue weighted by Crippen LogP contribution is -2.65. The fourth-order valence-electron chi connectivity index (χ4n) is 17.8. The summed E-state index contributed by atoms with van der Waals surface area (Å²) in [5, 5.41) is 190. The summed E-state index contributed by atoms with van der Waals surface area (Å²) in [4.78, 5) is 195. The number of aliphatic hydroxyl groups is 10. The summed E-state index contributed by atoms with van der Waals surface area (Å²) in [6, 6.07) is -2.63. The van der Waals surface area contributed by atoms with E-state index in [9.17, 15) is 124 Å². The highest BCUT2D eigenvalue weighted by molar-refractivity contribution is 7.70. The van der Waals surface area contributed by atoms with Crippen LogP contribution in [0.4, 0.5) is 0 Å². The van der Waals surface area contributed by atoms with Gasteiger partial charge in [-0.1, -0.05) is 93.4 Å². The second-order valence-electron chi connectivity index (χ2n) is 36.3. The minimum absolute atomic E-state index is 0.0194. The van der Waals surface area contributed by atoms with Crippen molar-refractivity contribution >= 4 is 97.5 Å². The summed E-state index contributed by atoms with van der Waals surface area (Å²) in [7, 11) is -11.4. The van der Waals surface area contributed by atoms with Crippen LogP contribution in [-0.4, -0.2) is 285 Å². The van der Waals surface area contributed by atoms with Crippen molar-refractivity contribution in [1.82, 2.24) is 47.9 Å². The molecule has 53 heteroatoms. The summed E-state index contributed by atoms with van der Waals surface area (Å²) in [5.41, 5.74) is -4.83. The zero-order valence-corrected chi connectivity index (χ0v) is 80.6. The van der Waals surface area contributed by atoms with Gasteiger partial charge in [0.25, 0.3) is 0 Å². The molecule has 9 aliphatic heterocycles. The van der Waals surface area contributed by atoms with Crippen molar-refractivity contribution in [3.05, 3.63) is 164 Å². The van der Waals surface area contributed by atoms with Gasteiger partial charge in [0.1, 0.15) is 156 Å². The van der Waals surface area contributed by atoms with E-state index in [0.717, 1.165) is 136 Å². The van der Waals surface area contributed by atoms with Crippen LogP contribution in [0.25, 0.3) is 11.1 Å². The summed E-state index contributed by atoms with van der Waals surface area (Å²) >= 11 is 14.8. The van der Waals surface area contributed by atoms with Crippen molar-refractivity contribution < 1.29 is 196 Å². The number of fused-ring (bicyclic) bond motifs is 14. The number of rotatable bonds is 26. The Hall–Kier alpha value is -12.2. The quantitative estimate of drug-likeness (QED) is 0.0266. The topological polar surface area (TPSA) is 781 Å². The first-order chi connectivity index (χ1) is 69.1. The normalized spacial score (nSPS) is 27.5. The third-order valence-corrected chi connectivity index (χ3v) is 29.8. The largest absolute Gasteiger partial charge is 0.508 e. The number of unbranched alkanes of at least 4 members (excludes halogenated alkanes) is 4. The number of amides is 9. The van der Waals surface area contributed by atoms with Crippen molar-refractivity contribution in [2.24, 2.45) is 5.92 Å². The van der Waals surface area contributed by atoms with Gasteiger partial charge in [-0.25, -0.2) is 4.79 Å². The Morgan fingerprint density at radius 1 is 0.473 bits per heavy atom. The lowest BCUT2D eigenvalue weighted by Gasteiger charge is -2.44. The Morgan fingerprint density at radius 2 is 1.01 bits per heavy atom.